The van der Waals surface area contributed by atoms with E-state index in [1.54, 1.807) is 44.2 Å². The third kappa shape index (κ3) is 2.35. The Morgan fingerprint density at radius 2 is 1.65 bits per heavy atom. The Kier molecular flexibility index (Phi) is 3.70. The summed E-state index contributed by atoms with van der Waals surface area (Å²) in [5.74, 6) is -0.470. The van der Waals surface area contributed by atoms with Crippen LogP contribution in [0, 0.1) is 13.8 Å². The number of ketones is 2. The van der Waals surface area contributed by atoms with E-state index in [4.69, 9.17) is 0 Å². The minimum Gasteiger partial charge on any atom is -0.507 e. The second-order valence-corrected chi connectivity index (χ2v) is 4.84. The summed E-state index contributed by atoms with van der Waals surface area (Å²) in [5.41, 5.74) is 2.28. The molecule has 0 aliphatic carbocycles. The molecule has 0 aliphatic heterocycles. The van der Waals surface area contributed by atoms with Gasteiger partial charge in [-0.05, 0) is 32.4 Å². The third-order valence-electron chi connectivity index (χ3n) is 3.39. The van der Waals surface area contributed by atoms with Gasteiger partial charge in [-0.3, -0.25) is 9.59 Å². The van der Waals surface area contributed by atoms with Crippen LogP contribution in [0.5, 0.6) is 5.75 Å². The highest BCUT2D eigenvalue weighted by molar-refractivity contribution is 6.12. The highest BCUT2D eigenvalue weighted by Crippen LogP contribution is 2.30. The Bertz CT molecular complexity index is 685. The maximum atomic E-state index is 12.5. The number of carbonyl (C=O) groups is 2. The average Bonchev–Trinajstić information content (AvgIpc) is 2.43. The summed E-state index contributed by atoms with van der Waals surface area (Å²) in [4.78, 5) is 24.0. The molecule has 2 rings (SSSR count). The molecule has 2 aromatic carbocycles. The van der Waals surface area contributed by atoms with Crippen LogP contribution in [0.4, 0.5) is 0 Å². The van der Waals surface area contributed by atoms with Crippen LogP contribution in [0.2, 0.25) is 0 Å². The molecule has 0 bridgehead atoms. The predicted octanol–water partition coefficient (Wildman–Crippen LogP) is 3.44. The van der Waals surface area contributed by atoms with Crippen LogP contribution in [0.1, 0.15) is 44.3 Å². The van der Waals surface area contributed by atoms with E-state index < -0.39 is 0 Å². The summed E-state index contributed by atoms with van der Waals surface area (Å²) < 4.78 is 0. The topological polar surface area (TPSA) is 54.4 Å². The molecule has 0 heterocycles. The quantitative estimate of drug-likeness (QED) is 0.867. The normalized spacial score (nSPS) is 10.3. The highest BCUT2D eigenvalue weighted by atomic mass is 16.3. The number of phenols is 1. The van der Waals surface area contributed by atoms with Gasteiger partial charge in [-0.1, -0.05) is 30.3 Å². The molecule has 0 saturated heterocycles. The summed E-state index contributed by atoms with van der Waals surface area (Å²) in [5, 5.41) is 10.3. The van der Waals surface area contributed by atoms with Crippen molar-refractivity contribution in [3.63, 3.8) is 0 Å². The van der Waals surface area contributed by atoms with Crippen molar-refractivity contribution in [3.05, 3.63) is 64.2 Å². The molecule has 2 aromatic rings. The van der Waals surface area contributed by atoms with Crippen molar-refractivity contribution in [2.75, 3.05) is 0 Å². The molecule has 1 N–H and O–H groups in total. The molecule has 0 atom stereocenters. The molecule has 0 spiro atoms. The zero-order valence-electron chi connectivity index (χ0n) is 11.7. The van der Waals surface area contributed by atoms with Crippen molar-refractivity contribution in [2.24, 2.45) is 0 Å². The first kappa shape index (κ1) is 14.0. The molecule has 0 unspecified atom stereocenters. The molecular formula is C17H16O3. The number of aromatic hydroxyl groups is 1. The van der Waals surface area contributed by atoms with E-state index in [9.17, 15) is 14.7 Å². The number of carbonyl (C=O) groups excluding carboxylic acids is 2. The zero-order valence-corrected chi connectivity index (χ0v) is 11.7. The zero-order chi connectivity index (χ0) is 14.9. The summed E-state index contributed by atoms with van der Waals surface area (Å²) in [6, 6.07) is 10.4. The Hall–Kier alpha value is -2.42. The Morgan fingerprint density at radius 3 is 2.20 bits per heavy atom. The molecule has 0 radical (unpaired) electrons. The first-order valence-corrected chi connectivity index (χ1v) is 6.37. The molecule has 102 valence electrons. The van der Waals surface area contributed by atoms with Crippen LogP contribution in [0.25, 0.3) is 0 Å². The molecule has 20 heavy (non-hydrogen) atoms. The van der Waals surface area contributed by atoms with Gasteiger partial charge in [0.15, 0.2) is 11.6 Å². The number of Topliss-reactive ketones (excluding diaryl/α,β-unsaturated/α-hetero) is 1. The van der Waals surface area contributed by atoms with Crippen LogP contribution in [-0.2, 0) is 0 Å². The van der Waals surface area contributed by atoms with Gasteiger partial charge in [-0.15, -0.1) is 0 Å². The smallest absolute Gasteiger partial charge is 0.197 e. The minimum absolute atomic E-state index is 0.107. The first-order chi connectivity index (χ1) is 9.43. The van der Waals surface area contributed by atoms with Gasteiger partial charge in [0.05, 0.1) is 5.56 Å². The largest absolute Gasteiger partial charge is 0.507 e. The number of benzene rings is 2. The fourth-order valence-electron chi connectivity index (χ4n) is 2.28. The van der Waals surface area contributed by atoms with Gasteiger partial charge in [-0.25, -0.2) is 0 Å². The number of phenolic OH excluding ortho intramolecular Hbond substituents is 1. The van der Waals surface area contributed by atoms with E-state index in [1.165, 1.54) is 6.92 Å². The molecule has 0 amide bonds. The monoisotopic (exact) mass is 268 g/mol. The van der Waals surface area contributed by atoms with Crippen molar-refractivity contribution < 1.29 is 14.7 Å². The van der Waals surface area contributed by atoms with Crippen molar-refractivity contribution in [3.8, 4) is 5.75 Å². The Balaban J connectivity index is 2.62. The van der Waals surface area contributed by atoms with Gasteiger partial charge in [0.1, 0.15) is 5.75 Å². The van der Waals surface area contributed by atoms with E-state index in [0.717, 1.165) is 0 Å². The highest BCUT2D eigenvalue weighted by Gasteiger charge is 2.21. The maximum absolute atomic E-state index is 12.5. The Morgan fingerprint density at radius 1 is 1.05 bits per heavy atom. The predicted molar refractivity (Wildman–Crippen MR) is 77.5 cm³/mol. The van der Waals surface area contributed by atoms with Gasteiger partial charge in [0.2, 0.25) is 0 Å². The van der Waals surface area contributed by atoms with E-state index in [0.29, 0.717) is 22.3 Å². The third-order valence-corrected chi connectivity index (χ3v) is 3.39. The fraction of sp³-hybridized carbons (Fsp3) is 0.176. The lowest BCUT2D eigenvalue weighted by Crippen LogP contribution is -2.08. The first-order valence-electron chi connectivity index (χ1n) is 6.37. The standard InChI is InChI=1S/C17H16O3/c1-10-9-14(12(3)18)11(2)16(19)15(10)17(20)13-7-5-4-6-8-13/h4-9,19H,1-3H3. The van der Waals surface area contributed by atoms with Gasteiger partial charge in [0.25, 0.3) is 0 Å². The lowest BCUT2D eigenvalue weighted by atomic mass is 9.92. The fourth-order valence-corrected chi connectivity index (χ4v) is 2.28. The van der Waals surface area contributed by atoms with Crippen LogP contribution >= 0.6 is 0 Å². The summed E-state index contributed by atoms with van der Waals surface area (Å²) in [6.45, 7) is 4.81. The van der Waals surface area contributed by atoms with Gasteiger partial charge in [-0.2, -0.15) is 0 Å². The maximum Gasteiger partial charge on any atom is 0.197 e. The van der Waals surface area contributed by atoms with E-state index in [1.807, 2.05) is 6.07 Å². The molecule has 0 fully saturated rings. The van der Waals surface area contributed by atoms with E-state index in [-0.39, 0.29) is 22.9 Å². The van der Waals surface area contributed by atoms with Crippen LogP contribution < -0.4 is 0 Å². The van der Waals surface area contributed by atoms with Crippen LogP contribution in [-0.4, -0.2) is 16.7 Å². The molecule has 3 heteroatoms. The molecular weight excluding hydrogens is 252 g/mol. The number of rotatable bonds is 3. The Labute approximate surface area is 117 Å². The molecule has 0 aromatic heterocycles. The molecule has 3 nitrogen and oxygen atoms in total. The summed E-state index contributed by atoms with van der Waals surface area (Å²) in [7, 11) is 0. The SMILES string of the molecule is CC(=O)c1cc(C)c(C(=O)c2ccccc2)c(O)c1C. The number of hydrogen-bond acceptors (Lipinski definition) is 3. The van der Waals surface area contributed by atoms with Gasteiger partial charge in [0, 0.05) is 16.7 Å². The lowest BCUT2D eigenvalue weighted by molar-refractivity contribution is 0.101. The minimum atomic E-state index is -0.237. The number of aryl methyl sites for hydroxylation is 1. The molecule has 0 saturated carbocycles. The van der Waals surface area contributed by atoms with E-state index in [2.05, 4.69) is 0 Å². The average molecular weight is 268 g/mol. The lowest BCUT2D eigenvalue weighted by Gasteiger charge is -2.13. The van der Waals surface area contributed by atoms with Crippen LogP contribution in [0.15, 0.2) is 36.4 Å². The second kappa shape index (κ2) is 5.29. The second-order valence-electron chi connectivity index (χ2n) is 4.84. The van der Waals surface area contributed by atoms with Crippen molar-refractivity contribution >= 4 is 11.6 Å². The van der Waals surface area contributed by atoms with Crippen molar-refractivity contribution in [2.45, 2.75) is 20.8 Å². The van der Waals surface area contributed by atoms with Gasteiger partial charge >= 0.3 is 0 Å². The molecule has 0 aliphatic rings. The van der Waals surface area contributed by atoms with Crippen molar-refractivity contribution in [1.82, 2.24) is 0 Å². The van der Waals surface area contributed by atoms with Crippen LogP contribution in [0.3, 0.4) is 0 Å². The van der Waals surface area contributed by atoms with Gasteiger partial charge < -0.3 is 5.11 Å². The summed E-state index contributed by atoms with van der Waals surface area (Å²) in [6.07, 6.45) is 0. The van der Waals surface area contributed by atoms with E-state index >= 15 is 0 Å². The van der Waals surface area contributed by atoms with Crippen molar-refractivity contribution in [1.29, 1.82) is 0 Å². The number of hydrogen-bond donors (Lipinski definition) is 1. The summed E-state index contributed by atoms with van der Waals surface area (Å²) >= 11 is 0.